The number of amides is 1. The fourth-order valence-corrected chi connectivity index (χ4v) is 1.79. The summed E-state index contributed by atoms with van der Waals surface area (Å²) < 4.78 is 4.53. The Morgan fingerprint density at radius 1 is 1.43 bits per heavy atom. The van der Waals surface area contributed by atoms with Gasteiger partial charge in [0.25, 0.3) is 5.91 Å². The third-order valence-corrected chi connectivity index (χ3v) is 2.56. The van der Waals surface area contributed by atoms with Crippen molar-refractivity contribution in [3.05, 3.63) is 21.9 Å². The Hall–Kier alpha value is -1.36. The molecule has 0 saturated heterocycles. The maximum atomic E-state index is 11.5. The van der Waals surface area contributed by atoms with Gasteiger partial charge >= 0.3 is 5.97 Å². The first-order chi connectivity index (χ1) is 6.56. The second-order valence-electron chi connectivity index (χ2n) is 2.89. The highest BCUT2D eigenvalue weighted by Crippen LogP contribution is 2.16. The smallest absolute Gasteiger partial charge is 0.338 e. The Bertz CT molecular complexity index is 357. The fraction of sp³-hybridized carbons (Fsp3) is 0.333. The number of esters is 1. The molecular weight excluding hydrogens is 202 g/mol. The molecule has 0 radical (unpaired) electrons. The van der Waals surface area contributed by atoms with Crippen molar-refractivity contribution in [2.45, 2.75) is 0 Å². The standard InChI is InChI=1S/C9H11NO3S/c1-10(2)8(11)7-4-6(5-14-7)9(12)13-3/h4-5H,1-3H3. The molecule has 0 N–H and O–H groups in total. The lowest BCUT2D eigenvalue weighted by Crippen LogP contribution is -2.20. The molecule has 76 valence electrons. The molecule has 0 aliphatic rings. The molecule has 1 rings (SSSR count). The molecule has 5 heteroatoms. The highest BCUT2D eigenvalue weighted by atomic mass is 32.1. The zero-order valence-electron chi connectivity index (χ0n) is 8.23. The van der Waals surface area contributed by atoms with Crippen molar-refractivity contribution in [1.29, 1.82) is 0 Å². The zero-order chi connectivity index (χ0) is 10.7. The number of rotatable bonds is 2. The third kappa shape index (κ3) is 2.11. The van der Waals surface area contributed by atoms with Crippen LogP contribution in [0.25, 0.3) is 0 Å². The van der Waals surface area contributed by atoms with Gasteiger partial charge in [0.15, 0.2) is 0 Å². The molecule has 0 atom stereocenters. The first-order valence-corrected chi connectivity index (χ1v) is 4.82. The summed E-state index contributed by atoms with van der Waals surface area (Å²) in [6, 6.07) is 1.54. The zero-order valence-corrected chi connectivity index (χ0v) is 9.05. The van der Waals surface area contributed by atoms with Crippen molar-refractivity contribution in [2.24, 2.45) is 0 Å². The van der Waals surface area contributed by atoms with E-state index in [0.29, 0.717) is 10.4 Å². The number of carbonyl (C=O) groups is 2. The molecule has 1 heterocycles. The number of methoxy groups -OCH3 is 1. The van der Waals surface area contributed by atoms with Gasteiger partial charge in [-0.3, -0.25) is 4.79 Å². The predicted molar refractivity (Wildman–Crippen MR) is 53.7 cm³/mol. The van der Waals surface area contributed by atoms with Gasteiger partial charge in [0.05, 0.1) is 17.6 Å². The maximum Gasteiger partial charge on any atom is 0.338 e. The molecule has 0 spiro atoms. The Morgan fingerprint density at radius 2 is 2.07 bits per heavy atom. The minimum absolute atomic E-state index is 0.106. The molecule has 14 heavy (non-hydrogen) atoms. The highest BCUT2D eigenvalue weighted by molar-refractivity contribution is 7.12. The summed E-state index contributed by atoms with van der Waals surface area (Å²) >= 11 is 1.24. The molecule has 0 aliphatic carbocycles. The summed E-state index contributed by atoms with van der Waals surface area (Å²) in [7, 11) is 4.65. The molecule has 1 aromatic heterocycles. The van der Waals surface area contributed by atoms with E-state index in [4.69, 9.17) is 0 Å². The van der Waals surface area contributed by atoms with E-state index in [1.807, 2.05) is 0 Å². The molecule has 0 saturated carbocycles. The van der Waals surface area contributed by atoms with E-state index in [1.54, 1.807) is 25.5 Å². The Kier molecular flexibility index (Phi) is 3.24. The lowest BCUT2D eigenvalue weighted by Gasteiger charge is -2.06. The van der Waals surface area contributed by atoms with E-state index in [1.165, 1.54) is 23.3 Å². The summed E-state index contributed by atoms with van der Waals surface area (Å²) in [5.41, 5.74) is 0.419. The van der Waals surface area contributed by atoms with Gasteiger partial charge in [-0.05, 0) is 6.07 Å². The summed E-state index contributed by atoms with van der Waals surface area (Å²) in [4.78, 5) is 24.5. The lowest BCUT2D eigenvalue weighted by molar-refractivity contribution is 0.0601. The predicted octanol–water partition coefficient (Wildman–Crippen LogP) is 1.24. The molecule has 0 aromatic carbocycles. The van der Waals surface area contributed by atoms with Gasteiger partial charge in [0.2, 0.25) is 0 Å². The van der Waals surface area contributed by atoms with Crippen LogP contribution in [0.5, 0.6) is 0 Å². The molecule has 1 amide bonds. The number of carbonyl (C=O) groups excluding carboxylic acids is 2. The average Bonchev–Trinajstić information content (AvgIpc) is 2.64. The highest BCUT2D eigenvalue weighted by Gasteiger charge is 2.14. The van der Waals surface area contributed by atoms with Crippen LogP contribution >= 0.6 is 11.3 Å². The Balaban J connectivity index is 2.88. The number of hydrogen-bond donors (Lipinski definition) is 0. The van der Waals surface area contributed by atoms with Crippen molar-refractivity contribution >= 4 is 23.2 Å². The van der Waals surface area contributed by atoms with E-state index in [2.05, 4.69) is 4.74 Å². The molecule has 0 bridgehead atoms. The van der Waals surface area contributed by atoms with Crippen molar-refractivity contribution in [1.82, 2.24) is 4.90 Å². The van der Waals surface area contributed by atoms with E-state index in [0.717, 1.165) is 0 Å². The van der Waals surface area contributed by atoms with Crippen LogP contribution in [0.1, 0.15) is 20.0 Å². The summed E-state index contributed by atoms with van der Waals surface area (Å²) in [5, 5.41) is 1.61. The monoisotopic (exact) mass is 213 g/mol. The van der Waals surface area contributed by atoms with Crippen LogP contribution in [0.15, 0.2) is 11.4 Å². The fourth-order valence-electron chi connectivity index (χ4n) is 0.894. The molecule has 0 unspecified atom stereocenters. The number of ether oxygens (including phenoxy) is 1. The maximum absolute atomic E-state index is 11.5. The van der Waals surface area contributed by atoms with Crippen molar-refractivity contribution in [2.75, 3.05) is 21.2 Å². The van der Waals surface area contributed by atoms with Crippen molar-refractivity contribution in [3.8, 4) is 0 Å². The Labute approximate surface area is 86.1 Å². The minimum Gasteiger partial charge on any atom is -0.465 e. The van der Waals surface area contributed by atoms with Crippen molar-refractivity contribution in [3.63, 3.8) is 0 Å². The topological polar surface area (TPSA) is 46.6 Å². The van der Waals surface area contributed by atoms with Crippen LogP contribution in [0.2, 0.25) is 0 Å². The molecule has 4 nitrogen and oxygen atoms in total. The first-order valence-electron chi connectivity index (χ1n) is 3.94. The van der Waals surface area contributed by atoms with E-state index >= 15 is 0 Å². The van der Waals surface area contributed by atoms with Gasteiger partial charge in [-0.15, -0.1) is 11.3 Å². The normalized spacial score (nSPS) is 9.64. The van der Waals surface area contributed by atoms with E-state index < -0.39 is 5.97 Å². The van der Waals surface area contributed by atoms with Gasteiger partial charge in [-0.25, -0.2) is 4.79 Å². The number of nitrogens with zero attached hydrogens (tertiary/aromatic N) is 1. The van der Waals surface area contributed by atoms with Crippen LogP contribution in [0.3, 0.4) is 0 Å². The van der Waals surface area contributed by atoms with E-state index in [9.17, 15) is 9.59 Å². The Morgan fingerprint density at radius 3 is 2.57 bits per heavy atom. The summed E-state index contributed by atoms with van der Waals surface area (Å²) in [6.07, 6.45) is 0. The van der Waals surface area contributed by atoms with Gasteiger partial charge in [0.1, 0.15) is 0 Å². The minimum atomic E-state index is -0.418. The van der Waals surface area contributed by atoms with Gasteiger partial charge < -0.3 is 9.64 Å². The second kappa shape index (κ2) is 4.23. The van der Waals surface area contributed by atoms with Crippen LogP contribution < -0.4 is 0 Å². The van der Waals surface area contributed by atoms with Gasteiger partial charge in [-0.2, -0.15) is 0 Å². The second-order valence-corrected chi connectivity index (χ2v) is 3.80. The SMILES string of the molecule is COC(=O)c1csc(C(=O)N(C)C)c1. The molecule has 0 fully saturated rings. The van der Waals surface area contributed by atoms with E-state index in [-0.39, 0.29) is 5.91 Å². The van der Waals surface area contributed by atoms with Crippen LogP contribution in [0.4, 0.5) is 0 Å². The number of hydrogen-bond acceptors (Lipinski definition) is 4. The lowest BCUT2D eigenvalue weighted by atomic mass is 10.3. The first kappa shape index (κ1) is 10.7. The van der Waals surface area contributed by atoms with Crippen LogP contribution in [-0.4, -0.2) is 38.0 Å². The molecule has 0 aliphatic heterocycles. The largest absolute Gasteiger partial charge is 0.465 e. The van der Waals surface area contributed by atoms with Crippen LogP contribution in [0, 0.1) is 0 Å². The van der Waals surface area contributed by atoms with Gasteiger partial charge in [0, 0.05) is 19.5 Å². The quantitative estimate of drug-likeness (QED) is 0.694. The van der Waals surface area contributed by atoms with Gasteiger partial charge in [-0.1, -0.05) is 0 Å². The summed E-state index contributed by atoms with van der Waals surface area (Å²) in [5.74, 6) is -0.524. The molecular formula is C9H11NO3S. The number of thiophene rings is 1. The van der Waals surface area contributed by atoms with Crippen molar-refractivity contribution < 1.29 is 14.3 Å². The average molecular weight is 213 g/mol. The van der Waals surface area contributed by atoms with Crippen LogP contribution in [-0.2, 0) is 4.74 Å². The summed E-state index contributed by atoms with van der Waals surface area (Å²) in [6.45, 7) is 0. The molecule has 1 aromatic rings. The third-order valence-electron chi connectivity index (χ3n) is 1.64.